The molecule has 3 aromatic rings. The topological polar surface area (TPSA) is 87.1 Å². The molecule has 0 bridgehead atoms. The highest BCUT2D eigenvalue weighted by atomic mass is 32.2. The fourth-order valence-electron chi connectivity index (χ4n) is 3.32. The fraction of sp³-hybridized carbons (Fsp3) is 0.190. The standard InChI is InChI=1S/C21H19N3O3S/c1-12-17-18(14-8-10-15(11-9-14)21(26)27)28-13(2)20(25)22-19(17)24(23-12)16-6-4-3-5-7-16/h3-11,13,18H,1-2H3,(H,22,25)(H,26,27)/p-1/t13-,18-/m1/s1. The lowest BCUT2D eigenvalue weighted by Gasteiger charge is -2.18. The van der Waals surface area contributed by atoms with E-state index in [9.17, 15) is 14.7 Å². The summed E-state index contributed by atoms with van der Waals surface area (Å²) < 4.78 is 1.75. The molecule has 1 aliphatic rings. The number of aromatic nitrogens is 2. The van der Waals surface area contributed by atoms with Gasteiger partial charge in [0.2, 0.25) is 5.91 Å². The molecule has 0 saturated heterocycles. The van der Waals surface area contributed by atoms with Gasteiger partial charge in [-0.25, -0.2) is 4.68 Å². The number of benzene rings is 2. The minimum absolute atomic E-state index is 0.0859. The number of fused-ring (bicyclic) bond motifs is 1. The molecule has 28 heavy (non-hydrogen) atoms. The minimum atomic E-state index is -1.21. The van der Waals surface area contributed by atoms with E-state index in [1.807, 2.05) is 44.2 Å². The Morgan fingerprint density at radius 3 is 2.46 bits per heavy atom. The summed E-state index contributed by atoms with van der Waals surface area (Å²) in [7, 11) is 0. The van der Waals surface area contributed by atoms with Crippen LogP contribution in [-0.2, 0) is 4.79 Å². The van der Waals surface area contributed by atoms with E-state index >= 15 is 0 Å². The molecule has 0 radical (unpaired) electrons. The molecule has 2 heterocycles. The van der Waals surface area contributed by atoms with Crippen molar-refractivity contribution in [1.82, 2.24) is 9.78 Å². The molecular weight excluding hydrogens is 374 g/mol. The van der Waals surface area contributed by atoms with E-state index in [0.717, 1.165) is 22.5 Å². The molecular formula is C21H18N3O3S-. The molecule has 0 unspecified atom stereocenters. The Hall–Kier alpha value is -3.06. The molecule has 1 N–H and O–H groups in total. The lowest BCUT2D eigenvalue weighted by molar-refractivity contribution is -0.255. The van der Waals surface area contributed by atoms with Crippen LogP contribution in [0.3, 0.4) is 0 Å². The fourth-order valence-corrected chi connectivity index (χ4v) is 4.64. The number of anilines is 1. The van der Waals surface area contributed by atoms with Crippen LogP contribution in [0.1, 0.15) is 39.4 Å². The Kier molecular flexibility index (Phi) is 4.68. The Bertz CT molecular complexity index is 1040. The van der Waals surface area contributed by atoms with Gasteiger partial charge in [-0.1, -0.05) is 42.5 Å². The third-order valence-corrected chi connectivity index (χ3v) is 6.17. The second-order valence-corrected chi connectivity index (χ2v) is 8.10. The maximum atomic E-state index is 12.6. The number of amides is 1. The normalized spacial score (nSPS) is 18.9. The number of aryl methyl sites for hydroxylation is 1. The number of hydrogen-bond acceptors (Lipinski definition) is 5. The summed E-state index contributed by atoms with van der Waals surface area (Å²) in [6.07, 6.45) is 0. The van der Waals surface area contributed by atoms with Crippen LogP contribution in [0.5, 0.6) is 0 Å². The molecule has 142 valence electrons. The Labute approximate surface area is 166 Å². The summed E-state index contributed by atoms with van der Waals surface area (Å²) in [5.41, 5.74) is 3.64. The van der Waals surface area contributed by atoms with Crippen LogP contribution in [0.2, 0.25) is 0 Å². The van der Waals surface area contributed by atoms with E-state index in [-0.39, 0.29) is 22.0 Å². The van der Waals surface area contributed by atoms with Crippen LogP contribution < -0.4 is 10.4 Å². The van der Waals surface area contributed by atoms with Crippen LogP contribution in [0.25, 0.3) is 5.69 Å². The van der Waals surface area contributed by atoms with Gasteiger partial charge in [0.15, 0.2) is 0 Å². The first-order valence-electron chi connectivity index (χ1n) is 8.88. The summed E-state index contributed by atoms with van der Waals surface area (Å²) in [6.45, 7) is 3.79. The summed E-state index contributed by atoms with van der Waals surface area (Å²) in [5, 5.41) is 18.3. The maximum absolute atomic E-state index is 12.6. The number of hydrogen-bond donors (Lipinski definition) is 1. The minimum Gasteiger partial charge on any atom is -0.545 e. The van der Waals surface area contributed by atoms with Crippen molar-refractivity contribution in [2.75, 3.05) is 5.32 Å². The smallest absolute Gasteiger partial charge is 0.238 e. The van der Waals surface area contributed by atoms with Crippen molar-refractivity contribution in [3.05, 3.63) is 77.0 Å². The van der Waals surface area contributed by atoms with Crippen molar-refractivity contribution in [2.24, 2.45) is 0 Å². The number of aromatic carboxylic acids is 1. The van der Waals surface area contributed by atoms with E-state index in [2.05, 4.69) is 10.4 Å². The van der Waals surface area contributed by atoms with Crippen LogP contribution in [0, 0.1) is 6.92 Å². The van der Waals surface area contributed by atoms with Gasteiger partial charge in [0.1, 0.15) is 5.82 Å². The number of carbonyl (C=O) groups excluding carboxylic acids is 2. The monoisotopic (exact) mass is 392 g/mol. The zero-order chi connectivity index (χ0) is 19.8. The molecule has 2 atom stereocenters. The summed E-state index contributed by atoms with van der Waals surface area (Å²) in [6, 6.07) is 16.3. The zero-order valence-electron chi connectivity index (χ0n) is 15.4. The van der Waals surface area contributed by atoms with E-state index in [0.29, 0.717) is 5.82 Å². The van der Waals surface area contributed by atoms with Gasteiger partial charge in [0.05, 0.1) is 27.9 Å². The third kappa shape index (κ3) is 3.18. The Balaban J connectivity index is 1.87. The number of nitrogens with zero attached hydrogens (tertiary/aromatic N) is 2. The predicted molar refractivity (Wildman–Crippen MR) is 107 cm³/mol. The maximum Gasteiger partial charge on any atom is 0.238 e. The predicted octanol–water partition coefficient (Wildman–Crippen LogP) is 2.71. The molecule has 1 aliphatic heterocycles. The highest BCUT2D eigenvalue weighted by molar-refractivity contribution is 8.01. The van der Waals surface area contributed by atoms with E-state index < -0.39 is 5.97 Å². The molecule has 0 saturated carbocycles. The molecule has 0 fully saturated rings. The average molecular weight is 392 g/mol. The van der Waals surface area contributed by atoms with Crippen molar-refractivity contribution in [3.63, 3.8) is 0 Å². The van der Waals surface area contributed by atoms with Crippen LogP contribution in [0.4, 0.5) is 5.82 Å². The number of carbonyl (C=O) groups is 2. The average Bonchev–Trinajstić information content (AvgIpc) is 2.95. The molecule has 0 spiro atoms. The van der Waals surface area contributed by atoms with Crippen molar-refractivity contribution < 1.29 is 14.7 Å². The molecule has 1 aromatic heterocycles. The van der Waals surface area contributed by atoms with Gasteiger partial charge in [0.25, 0.3) is 0 Å². The van der Waals surface area contributed by atoms with Gasteiger partial charge >= 0.3 is 0 Å². The van der Waals surface area contributed by atoms with E-state index in [4.69, 9.17) is 0 Å². The summed E-state index contributed by atoms with van der Waals surface area (Å²) >= 11 is 1.52. The second kappa shape index (κ2) is 7.16. The van der Waals surface area contributed by atoms with Gasteiger partial charge in [-0.2, -0.15) is 5.10 Å². The number of nitrogens with one attached hydrogen (secondary N) is 1. The zero-order valence-corrected chi connectivity index (χ0v) is 16.2. The van der Waals surface area contributed by atoms with Gasteiger partial charge in [-0.3, -0.25) is 4.79 Å². The first-order valence-corrected chi connectivity index (χ1v) is 9.82. The van der Waals surface area contributed by atoms with Crippen LogP contribution >= 0.6 is 11.8 Å². The quantitative estimate of drug-likeness (QED) is 0.741. The first kappa shape index (κ1) is 18.3. The van der Waals surface area contributed by atoms with Crippen LogP contribution in [-0.4, -0.2) is 26.9 Å². The molecule has 2 aromatic carbocycles. The molecule has 6 nitrogen and oxygen atoms in total. The molecule has 7 heteroatoms. The SMILES string of the molecule is Cc1nn(-c2ccccc2)c2c1[C@@H](c1ccc(C(=O)[O-])cc1)S[C@H](C)C(=O)N2. The van der Waals surface area contributed by atoms with E-state index in [1.165, 1.54) is 23.9 Å². The third-order valence-electron chi connectivity index (χ3n) is 4.77. The largest absolute Gasteiger partial charge is 0.545 e. The lowest BCUT2D eigenvalue weighted by atomic mass is 10.0. The Morgan fingerprint density at radius 1 is 1.14 bits per heavy atom. The van der Waals surface area contributed by atoms with Gasteiger partial charge in [-0.05, 0) is 37.1 Å². The van der Waals surface area contributed by atoms with Crippen molar-refractivity contribution in [2.45, 2.75) is 24.3 Å². The summed E-state index contributed by atoms with van der Waals surface area (Å²) in [5.74, 6) is -0.643. The highest BCUT2D eigenvalue weighted by Crippen LogP contribution is 2.46. The molecule has 0 aliphatic carbocycles. The van der Waals surface area contributed by atoms with Crippen molar-refractivity contribution in [3.8, 4) is 5.69 Å². The van der Waals surface area contributed by atoms with Crippen molar-refractivity contribution in [1.29, 1.82) is 0 Å². The van der Waals surface area contributed by atoms with Crippen LogP contribution in [0.15, 0.2) is 54.6 Å². The highest BCUT2D eigenvalue weighted by Gasteiger charge is 2.33. The first-order chi connectivity index (χ1) is 13.5. The number of rotatable bonds is 3. The lowest BCUT2D eigenvalue weighted by Crippen LogP contribution is -2.22. The van der Waals surface area contributed by atoms with Gasteiger partial charge < -0.3 is 15.2 Å². The number of carboxylic acids is 1. The Morgan fingerprint density at radius 2 is 1.82 bits per heavy atom. The van der Waals surface area contributed by atoms with E-state index in [1.54, 1.807) is 16.8 Å². The van der Waals surface area contributed by atoms with Crippen molar-refractivity contribution >= 4 is 29.5 Å². The second-order valence-electron chi connectivity index (χ2n) is 6.65. The number of thioether (sulfide) groups is 1. The molecule has 1 amide bonds. The number of carboxylic acid groups (broad SMARTS) is 1. The summed E-state index contributed by atoms with van der Waals surface area (Å²) in [4.78, 5) is 23.7. The number of para-hydroxylation sites is 1. The van der Waals surface area contributed by atoms with Gasteiger partial charge in [-0.15, -0.1) is 11.8 Å². The van der Waals surface area contributed by atoms with Gasteiger partial charge in [0, 0.05) is 5.56 Å². The molecule has 4 rings (SSSR count).